The van der Waals surface area contributed by atoms with Gasteiger partial charge in [0.25, 0.3) is 0 Å². The molecular weight excluding hydrogens is 304 g/mol. The molecule has 1 nitrogen and oxygen atoms in total. The maximum Gasteiger partial charge on any atom is 0.120 e. The highest BCUT2D eigenvalue weighted by atomic mass is 16.3. The van der Waals surface area contributed by atoms with Crippen molar-refractivity contribution in [3.8, 4) is 11.8 Å². The van der Waals surface area contributed by atoms with E-state index in [1.54, 1.807) is 13.8 Å². The molecule has 0 bridgehead atoms. The van der Waals surface area contributed by atoms with Crippen LogP contribution in [0.3, 0.4) is 0 Å². The summed E-state index contributed by atoms with van der Waals surface area (Å²) in [6.07, 6.45) is 21.5. The quantitative estimate of drug-likeness (QED) is 0.430. The number of aliphatic hydroxyl groups is 1. The molecule has 0 radical (unpaired) electrons. The Morgan fingerprint density at radius 1 is 0.920 bits per heavy atom. The molecule has 0 spiro atoms. The highest BCUT2D eigenvalue weighted by Gasteiger charge is 2.30. The maximum absolute atomic E-state index is 9.61. The first-order valence-corrected chi connectivity index (χ1v) is 10.9. The fraction of sp³-hybridized carbons (Fsp3) is 0.833. The monoisotopic (exact) mass is 344 g/mol. The molecule has 0 unspecified atom stereocenters. The highest BCUT2D eigenvalue weighted by Crippen LogP contribution is 2.42. The second kappa shape index (κ2) is 10.4. The van der Waals surface area contributed by atoms with Crippen LogP contribution >= 0.6 is 0 Å². The van der Waals surface area contributed by atoms with Gasteiger partial charge in [0, 0.05) is 0 Å². The first-order valence-electron chi connectivity index (χ1n) is 10.9. The minimum absolute atomic E-state index is 0.706. The van der Waals surface area contributed by atoms with E-state index in [1.807, 2.05) is 6.08 Å². The predicted octanol–water partition coefficient (Wildman–Crippen LogP) is 6.51. The summed E-state index contributed by atoms with van der Waals surface area (Å²) >= 11 is 0. The highest BCUT2D eigenvalue weighted by molar-refractivity contribution is 5.21. The van der Waals surface area contributed by atoms with Crippen LogP contribution in [0.2, 0.25) is 0 Å². The van der Waals surface area contributed by atoms with Crippen molar-refractivity contribution in [3.05, 3.63) is 12.2 Å². The molecule has 0 atom stereocenters. The van der Waals surface area contributed by atoms with Crippen molar-refractivity contribution < 1.29 is 5.11 Å². The van der Waals surface area contributed by atoms with Gasteiger partial charge in [-0.1, -0.05) is 63.4 Å². The third-order valence-electron chi connectivity index (χ3n) is 6.42. The first-order chi connectivity index (χ1) is 12.0. The Bertz CT molecular complexity index is 443. The van der Waals surface area contributed by atoms with Crippen molar-refractivity contribution in [1.82, 2.24) is 0 Å². The van der Waals surface area contributed by atoms with E-state index in [0.29, 0.717) is 5.92 Å². The number of hydrogen-bond donors (Lipinski definition) is 1. The van der Waals surface area contributed by atoms with Gasteiger partial charge in [0.1, 0.15) is 5.60 Å². The van der Waals surface area contributed by atoms with E-state index in [-0.39, 0.29) is 0 Å². The van der Waals surface area contributed by atoms with Crippen LogP contribution < -0.4 is 0 Å². The van der Waals surface area contributed by atoms with E-state index in [2.05, 4.69) is 24.8 Å². The van der Waals surface area contributed by atoms with Gasteiger partial charge in [-0.25, -0.2) is 0 Å². The van der Waals surface area contributed by atoms with Gasteiger partial charge in [-0.05, 0) is 82.1 Å². The lowest BCUT2D eigenvalue weighted by Gasteiger charge is -2.37. The summed E-state index contributed by atoms with van der Waals surface area (Å²) in [4.78, 5) is 0. The van der Waals surface area contributed by atoms with Crippen LogP contribution in [0, 0.1) is 35.5 Å². The van der Waals surface area contributed by atoms with Crippen LogP contribution in [0.5, 0.6) is 0 Å². The van der Waals surface area contributed by atoms with Gasteiger partial charge in [0.15, 0.2) is 0 Å². The number of allylic oxidation sites excluding steroid dienone is 2. The number of unbranched alkanes of at least 4 members (excludes halogenated alkanes) is 2. The zero-order valence-corrected chi connectivity index (χ0v) is 16.9. The summed E-state index contributed by atoms with van der Waals surface area (Å²) in [5.74, 6) is 9.61. The fourth-order valence-electron chi connectivity index (χ4n) is 4.84. The van der Waals surface area contributed by atoms with Crippen molar-refractivity contribution in [2.24, 2.45) is 23.7 Å². The van der Waals surface area contributed by atoms with Crippen molar-refractivity contribution >= 4 is 0 Å². The lowest BCUT2D eigenvalue weighted by atomic mass is 9.68. The summed E-state index contributed by atoms with van der Waals surface area (Å²) < 4.78 is 0. The number of rotatable bonds is 6. The average molecular weight is 345 g/mol. The van der Waals surface area contributed by atoms with Crippen molar-refractivity contribution in [1.29, 1.82) is 0 Å². The molecule has 2 aliphatic rings. The maximum atomic E-state index is 9.61. The van der Waals surface area contributed by atoms with Gasteiger partial charge in [-0.3, -0.25) is 0 Å². The number of hydrogen-bond acceptors (Lipinski definition) is 1. The minimum Gasteiger partial charge on any atom is -0.378 e. The molecule has 2 saturated carbocycles. The van der Waals surface area contributed by atoms with Gasteiger partial charge in [-0.15, -0.1) is 0 Å². The Balaban J connectivity index is 1.65. The van der Waals surface area contributed by atoms with Gasteiger partial charge in [0.05, 0.1) is 0 Å². The molecule has 2 rings (SSSR count). The molecule has 1 N–H and O–H groups in total. The van der Waals surface area contributed by atoms with Gasteiger partial charge in [-0.2, -0.15) is 0 Å². The Morgan fingerprint density at radius 3 is 2.08 bits per heavy atom. The summed E-state index contributed by atoms with van der Waals surface area (Å²) in [6, 6.07) is 0. The molecule has 25 heavy (non-hydrogen) atoms. The van der Waals surface area contributed by atoms with Crippen molar-refractivity contribution in [3.63, 3.8) is 0 Å². The molecule has 0 aromatic carbocycles. The smallest absolute Gasteiger partial charge is 0.120 e. The molecule has 0 heterocycles. The third kappa shape index (κ3) is 8.00. The third-order valence-corrected chi connectivity index (χ3v) is 6.42. The zero-order chi connectivity index (χ0) is 18.1. The summed E-state index contributed by atoms with van der Waals surface area (Å²) in [5.41, 5.74) is -0.878. The standard InChI is InChI=1S/C24H40O/c1-4-5-6-9-20-11-15-22(16-12-20)23-17-13-21(14-18-23)10-7-8-19-24(2,3)25/h7,10,20-23,25H,4-6,9,11-18H2,1-3H3/b10-7+. The van der Waals surface area contributed by atoms with E-state index in [4.69, 9.17) is 0 Å². The fourth-order valence-corrected chi connectivity index (χ4v) is 4.84. The molecule has 142 valence electrons. The molecule has 2 fully saturated rings. The molecule has 0 amide bonds. The largest absolute Gasteiger partial charge is 0.378 e. The first kappa shape index (κ1) is 20.6. The van der Waals surface area contributed by atoms with E-state index >= 15 is 0 Å². The average Bonchev–Trinajstić information content (AvgIpc) is 2.59. The summed E-state index contributed by atoms with van der Waals surface area (Å²) in [7, 11) is 0. The van der Waals surface area contributed by atoms with Crippen LogP contribution in [0.1, 0.15) is 97.8 Å². The van der Waals surface area contributed by atoms with Crippen molar-refractivity contribution in [2.45, 2.75) is 103 Å². The van der Waals surface area contributed by atoms with Crippen LogP contribution in [-0.2, 0) is 0 Å². The van der Waals surface area contributed by atoms with Crippen LogP contribution in [-0.4, -0.2) is 10.7 Å². The Morgan fingerprint density at radius 2 is 1.52 bits per heavy atom. The molecule has 1 heteroatoms. The molecule has 0 aliphatic heterocycles. The summed E-state index contributed by atoms with van der Waals surface area (Å²) in [6.45, 7) is 5.78. The topological polar surface area (TPSA) is 20.2 Å². The zero-order valence-electron chi connectivity index (χ0n) is 16.9. The van der Waals surface area contributed by atoms with E-state index in [9.17, 15) is 5.11 Å². The second-order valence-electron chi connectivity index (χ2n) is 9.14. The van der Waals surface area contributed by atoms with E-state index < -0.39 is 5.60 Å². The lowest BCUT2D eigenvalue weighted by molar-refractivity contribution is 0.143. The lowest BCUT2D eigenvalue weighted by Crippen LogP contribution is -2.25. The Kier molecular flexibility index (Phi) is 8.57. The van der Waals surface area contributed by atoms with Crippen molar-refractivity contribution in [2.75, 3.05) is 0 Å². The molecule has 2 aliphatic carbocycles. The van der Waals surface area contributed by atoms with Gasteiger partial charge < -0.3 is 5.11 Å². The molecule has 0 aromatic heterocycles. The Hall–Kier alpha value is -0.740. The van der Waals surface area contributed by atoms with Crippen LogP contribution in [0.15, 0.2) is 12.2 Å². The molecule has 0 saturated heterocycles. The van der Waals surface area contributed by atoms with E-state index in [1.165, 1.54) is 77.0 Å². The summed E-state index contributed by atoms with van der Waals surface area (Å²) in [5, 5.41) is 9.61. The van der Waals surface area contributed by atoms with Gasteiger partial charge >= 0.3 is 0 Å². The van der Waals surface area contributed by atoms with Crippen LogP contribution in [0.4, 0.5) is 0 Å². The van der Waals surface area contributed by atoms with E-state index in [0.717, 1.165) is 17.8 Å². The van der Waals surface area contributed by atoms with Gasteiger partial charge in [0.2, 0.25) is 0 Å². The molecule has 0 aromatic rings. The molecular formula is C24H40O. The second-order valence-corrected chi connectivity index (χ2v) is 9.14. The Labute approximate surface area is 156 Å². The predicted molar refractivity (Wildman–Crippen MR) is 108 cm³/mol. The SMILES string of the molecule is CCCCCC1CCC(C2CCC(/C=C/C#CC(C)(C)O)CC2)CC1. The normalized spacial score (nSPS) is 30.9. The minimum atomic E-state index is -0.878. The van der Waals surface area contributed by atoms with Crippen LogP contribution in [0.25, 0.3) is 0 Å².